The maximum Gasteiger partial charge on any atom is 0.222 e. The van der Waals surface area contributed by atoms with Gasteiger partial charge in [0.15, 0.2) is 0 Å². The van der Waals surface area contributed by atoms with Gasteiger partial charge in [-0.2, -0.15) is 0 Å². The molecule has 23 heavy (non-hydrogen) atoms. The molecule has 0 aliphatic carbocycles. The van der Waals surface area contributed by atoms with Gasteiger partial charge in [-0.3, -0.25) is 9.69 Å². The maximum absolute atomic E-state index is 13.5. The Kier molecular flexibility index (Phi) is 5.54. The van der Waals surface area contributed by atoms with Crippen molar-refractivity contribution < 1.29 is 9.18 Å². The van der Waals surface area contributed by atoms with Crippen LogP contribution in [0, 0.1) is 5.82 Å². The Balaban J connectivity index is 1.60. The van der Waals surface area contributed by atoms with E-state index in [1.54, 1.807) is 6.07 Å². The molecule has 1 amide bonds. The van der Waals surface area contributed by atoms with Gasteiger partial charge in [-0.05, 0) is 56.0 Å². The third kappa shape index (κ3) is 4.45. The summed E-state index contributed by atoms with van der Waals surface area (Å²) in [5.41, 5.74) is 0.930. The van der Waals surface area contributed by atoms with Crippen molar-refractivity contribution in [2.45, 2.75) is 51.1 Å². The van der Waals surface area contributed by atoms with Gasteiger partial charge in [0.05, 0.1) is 0 Å². The fourth-order valence-corrected chi connectivity index (χ4v) is 4.02. The van der Waals surface area contributed by atoms with Gasteiger partial charge in [0.1, 0.15) is 5.82 Å². The zero-order valence-corrected chi connectivity index (χ0v) is 14.2. The third-order valence-electron chi connectivity index (χ3n) is 4.96. The van der Waals surface area contributed by atoms with E-state index in [9.17, 15) is 9.18 Å². The van der Waals surface area contributed by atoms with Gasteiger partial charge >= 0.3 is 0 Å². The van der Waals surface area contributed by atoms with Crippen LogP contribution in [0.5, 0.6) is 0 Å². The number of benzene rings is 1. The molecule has 2 aliphatic heterocycles. The first kappa shape index (κ1) is 16.7. The van der Waals surface area contributed by atoms with Crippen LogP contribution in [0.15, 0.2) is 18.2 Å². The Morgan fingerprint density at radius 2 is 2.04 bits per heavy atom. The Morgan fingerprint density at radius 3 is 2.78 bits per heavy atom. The number of likely N-dealkylation sites (tertiary alicyclic amines) is 2. The topological polar surface area (TPSA) is 23.6 Å². The molecule has 1 unspecified atom stereocenters. The van der Waals surface area contributed by atoms with Crippen molar-refractivity contribution in [1.29, 1.82) is 0 Å². The number of hydrogen-bond donors (Lipinski definition) is 0. The summed E-state index contributed by atoms with van der Waals surface area (Å²) >= 11 is 5.96. The van der Waals surface area contributed by atoms with Crippen LogP contribution >= 0.6 is 11.6 Å². The van der Waals surface area contributed by atoms with Crippen LogP contribution in [0.1, 0.15) is 44.1 Å². The van der Waals surface area contributed by atoms with Gasteiger partial charge in [-0.15, -0.1) is 0 Å². The van der Waals surface area contributed by atoms with E-state index < -0.39 is 0 Å². The van der Waals surface area contributed by atoms with E-state index in [2.05, 4.69) is 4.90 Å². The average Bonchev–Trinajstić information content (AvgIpc) is 2.91. The zero-order chi connectivity index (χ0) is 16.2. The third-order valence-corrected chi connectivity index (χ3v) is 5.18. The smallest absolute Gasteiger partial charge is 0.222 e. The molecule has 0 aromatic heterocycles. The summed E-state index contributed by atoms with van der Waals surface area (Å²) in [7, 11) is 0. The van der Waals surface area contributed by atoms with E-state index in [1.807, 2.05) is 11.0 Å². The van der Waals surface area contributed by atoms with Crippen LogP contribution in [-0.4, -0.2) is 41.4 Å². The van der Waals surface area contributed by atoms with Crippen molar-refractivity contribution in [3.8, 4) is 0 Å². The van der Waals surface area contributed by atoms with E-state index in [1.165, 1.54) is 18.9 Å². The SMILES string of the molecule is O=C1CCCN1CCC1CCCCN1Cc1cc(F)cc(Cl)c1. The standard InChI is InChI=1S/C18H24ClFN2O/c19-15-10-14(11-16(20)12-15)13-22-7-2-1-4-17(22)6-9-21-8-3-5-18(21)23/h10-12,17H,1-9,13H2. The van der Waals surface area contributed by atoms with E-state index in [-0.39, 0.29) is 5.82 Å². The van der Waals surface area contributed by atoms with Crippen molar-refractivity contribution in [2.75, 3.05) is 19.6 Å². The predicted molar refractivity (Wildman–Crippen MR) is 89.9 cm³/mol. The summed E-state index contributed by atoms with van der Waals surface area (Å²) in [5, 5.41) is 0.455. The normalized spacial score (nSPS) is 22.8. The van der Waals surface area contributed by atoms with Crippen LogP contribution in [0.2, 0.25) is 5.02 Å². The largest absolute Gasteiger partial charge is 0.343 e. The minimum Gasteiger partial charge on any atom is -0.343 e. The molecule has 2 fully saturated rings. The molecule has 2 saturated heterocycles. The van der Waals surface area contributed by atoms with E-state index in [0.717, 1.165) is 51.0 Å². The monoisotopic (exact) mass is 338 g/mol. The quantitative estimate of drug-likeness (QED) is 0.814. The predicted octanol–water partition coefficient (Wildman–Crippen LogP) is 3.85. The average molecular weight is 339 g/mol. The van der Waals surface area contributed by atoms with Crippen LogP contribution in [0.25, 0.3) is 0 Å². The fraction of sp³-hybridized carbons (Fsp3) is 0.611. The zero-order valence-electron chi connectivity index (χ0n) is 13.4. The van der Waals surface area contributed by atoms with Gasteiger partial charge < -0.3 is 4.90 Å². The number of hydrogen-bond acceptors (Lipinski definition) is 2. The molecular formula is C18H24ClFN2O. The van der Waals surface area contributed by atoms with Gasteiger partial charge in [0.25, 0.3) is 0 Å². The molecule has 0 radical (unpaired) electrons. The lowest BCUT2D eigenvalue weighted by molar-refractivity contribution is -0.127. The number of halogens is 2. The van der Waals surface area contributed by atoms with Crippen LogP contribution in [-0.2, 0) is 11.3 Å². The number of amides is 1. The Bertz CT molecular complexity index is 546. The van der Waals surface area contributed by atoms with Gasteiger partial charge in [0.2, 0.25) is 5.91 Å². The maximum atomic E-state index is 13.5. The van der Waals surface area contributed by atoms with E-state index in [4.69, 9.17) is 11.6 Å². The number of piperidine rings is 1. The van der Waals surface area contributed by atoms with Gasteiger partial charge in [-0.1, -0.05) is 18.0 Å². The van der Waals surface area contributed by atoms with E-state index >= 15 is 0 Å². The Hall–Kier alpha value is -1.13. The highest BCUT2D eigenvalue weighted by Crippen LogP contribution is 2.24. The molecule has 0 saturated carbocycles. The molecular weight excluding hydrogens is 315 g/mol. The molecule has 3 nitrogen and oxygen atoms in total. The van der Waals surface area contributed by atoms with Crippen molar-refractivity contribution in [3.63, 3.8) is 0 Å². The molecule has 1 aromatic rings. The first-order valence-corrected chi connectivity index (χ1v) is 8.96. The highest BCUT2D eigenvalue weighted by atomic mass is 35.5. The minimum atomic E-state index is -0.274. The summed E-state index contributed by atoms with van der Waals surface area (Å²) in [6.45, 7) is 3.53. The molecule has 0 bridgehead atoms. The molecule has 2 heterocycles. The Labute approximate surface area is 142 Å². The highest BCUT2D eigenvalue weighted by Gasteiger charge is 2.25. The van der Waals surface area contributed by atoms with Crippen molar-refractivity contribution in [2.24, 2.45) is 0 Å². The first-order valence-electron chi connectivity index (χ1n) is 8.58. The molecule has 1 atom stereocenters. The summed E-state index contributed by atoms with van der Waals surface area (Å²) in [6, 6.07) is 5.23. The minimum absolute atomic E-state index is 0.274. The lowest BCUT2D eigenvalue weighted by Crippen LogP contribution is -2.41. The second kappa shape index (κ2) is 7.63. The lowest BCUT2D eigenvalue weighted by Gasteiger charge is -2.36. The number of nitrogens with zero attached hydrogens (tertiary/aromatic N) is 2. The number of rotatable bonds is 5. The van der Waals surface area contributed by atoms with Crippen molar-refractivity contribution in [3.05, 3.63) is 34.6 Å². The number of carbonyl (C=O) groups is 1. The van der Waals surface area contributed by atoms with Crippen molar-refractivity contribution in [1.82, 2.24) is 9.80 Å². The molecule has 126 valence electrons. The summed E-state index contributed by atoms with van der Waals surface area (Å²) in [5.74, 6) is 0.0213. The van der Waals surface area contributed by atoms with Crippen LogP contribution in [0.4, 0.5) is 4.39 Å². The van der Waals surface area contributed by atoms with Crippen molar-refractivity contribution >= 4 is 17.5 Å². The molecule has 0 spiro atoms. The molecule has 5 heteroatoms. The number of carbonyl (C=O) groups excluding carboxylic acids is 1. The summed E-state index contributed by atoms with van der Waals surface area (Å²) in [6.07, 6.45) is 6.28. The molecule has 1 aromatic carbocycles. The molecule has 0 N–H and O–H groups in total. The first-order chi connectivity index (χ1) is 11.1. The second-order valence-electron chi connectivity index (χ2n) is 6.67. The van der Waals surface area contributed by atoms with Gasteiger partial charge in [0, 0.05) is 37.1 Å². The Morgan fingerprint density at radius 1 is 1.17 bits per heavy atom. The fourth-order valence-electron chi connectivity index (χ4n) is 3.78. The van der Waals surface area contributed by atoms with Crippen LogP contribution in [0.3, 0.4) is 0 Å². The highest BCUT2D eigenvalue weighted by molar-refractivity contribution is 6.30. The van der Waals surface area contributed by atoms with E-state index in [0.29, 0.717) is 23.4 Å². The van der Waals surface area contributed by atoms with Gasteiger partial charge in [-0.25, -0.2) is 4.39 Å². The van der Waals surface area contributed by atoms with Crippen LogP contribution < -0.4 is 0 Å². The summed E-state index contributed by atoms with van der Waals surface area (Å²) in [4.78, 5) is 16.2. The molecule has 2 aliphatic rings. The molecule has 3 rings (SSSR count). The summed E-state index contributed by atoms with van der Waals surface area (Å²) < 4.78 is 13.5. The lowest BCUT2D eigenvalue weighted by atomic mass is 9.98. The second-order valence-corrected chi connectivity index (χ2v) is 7.11.